The minimum atomic E-state index is -5.75. The molecule has 0 aromatic heterocycles. The van der Waals surface area contributed by atoms with Crippen molar-refractivity contribution in [1.82, 2.24) is 14.7 Å². The smallest absolute Gasteiger partial charge is 0.426 e. The molecule has 2 fully saturated rings. The van der Waals surface area contributed by atoms with E-state index in [0.717, 1.165) is 11.3 Å². The van der Waals surface area contributed by atoms with E-state index >= 15 is 0 Å². The molecule has 0 saturated carbocycles. The molecule has 2 aliphatic heterocycles. The molecule has 0 bridgehead atoms. The highest BCUT2D eigenvalue weighted by Crippen LogP contribution is 2.36. The van der Waals surface area contributed by atoms with E-state index in [1.54, 1.807) is 23.1 Å². The number of hydrogen-bond donors (Lipinski definition) is 0. The van der Waals surface area contributed by atoms with Crippen molar-refractivity contribution in [3.05, 3.63) is 34.3 Å². The molecule has 13 heteroatoms. The summed E-state index contributed by atoms with van der Waals surface area (Å²) in [5.41, 5.74) is 1.17. The maximum atomic E-state index is 12.6. The van der Waals surface area contributed by atoms with Gasteiger partial charge in [-0.3, -0.25) is 9.69 Å². The number of alkyl halides is 6. The molecule has 6 nitrogen and oxygen atoms in total. The fourth-order valence-electron chi connectivity index (χ4n) is 3.33. The van der Waals surface area contributed by atoms with Crippen LogP contribution in [-0.4, -0.2) is 84.4 Å². The number of likely N-dealkylation sites (tertiary alicyclic amines) is 1. The second-order valence-electron chi connectivity index (χ2n) is 7.56. The number of hydrogen-bond acceptors (Lipinski definition) is 4. The number of benzene rings is 1. The molecule has 2 amide bonds. The first-order chi connectivity index (χ1) is 14.9. The molecule has 1 aromatic carbocycles. The van der Waals surface area contributed by atoms with Gasteiger partial charge in [-0.05, 0) is 24.1 Å². The SMILES string of the molecule is O=C(OC(C(F)(F)F)C(F)(F)F)N1CCN(Cc2ccc(C(=O)N3CCC3)cc2Cl)CC1. The monoisotopic (exact) mass is 487 g/mol. The summed E-state index contributed by atoms with van der Waals surface area (Å²) in [4.78, 5) is 28.4. The van der Waals surface area contributed by atoms with E-state index in [2.05, 4.69) is 4.74 Å². The first-order valence-corrected chi connectivity index (χ1v) is 10.1. The van der Waals surface area contributed by atoms with Crippen molar-refractivity contribution in [3.8, 4) is 0 Å². The summed E-state index contributed by atoms with van der Waals surface area (Å²) in [7, 11) is 0. The van der Waals surface area contributed by atoms with Gasteiger partial charge in [-0.1, -0.05) is 17.7 Å². The predicted molar refractivity (Wildman–Crippen MR) is 101 cm³/mol. The standard InChI is InChI=1S/C19H20ClF6N3O3/c20-14-10-12(15(30)28-4-1-5-28)2-3-13(14)11-27-6-8-29(9-7-27)17(31)32-16(18(21,22)23)19(24,25)26/h2-3,10,16H,1,4-9,11H2. The summed E-state index contributed by atoms with van der Waals surface area (Å²) in [6.07, 6.45) is -16.4. The van der Waals surface area contributed by atoms with Crippen molar-refractivity contribution in [1.29, 1.82) is 0 Å². The van der Waals surface area contributed by atoms with Crippen molar-refractivity contribution >= 4 is 23.6 Å². The van der Waals surface area contributed by atoms with Crippen LogP contribution in [0.1, 0.15) is 22.3 Å². The lowest BCUT2D eigenvalue weighted by Crippen LogP contribution is -2.52. The number of carbonyl (C=O) groups excluding carboxylic acids is 2. The quantitative estimate of drug-likeness (QED) is 0.604. The van der Waals surface area contributed by atoms with Gasteiger partial charge in [-0.15, -0.1) is 0 Å². The number of ether oxygens (including phenoxy) is 1. The average Bonchev–Trinajstić information content (AvgIpc) is 2.64. The van der Waals surface area contributed by atoms with Gasteiger partial charge in [0, 0.05) is 56.4 Å². The van der Waals surface area contributed by atoms with E-state index in [4.69, 9.17) is 11.6 Å². The van der Waals surface area contributed by atoms with Gasteiger partial charge in [0.1, 0.15) is 0 Å². The van der Waals surface area contributed by atoms with Crippen LogP contribution in [0.5, 0.6) is 0 Å². The Labute approximate surface area is 184 Å². The molecule has 2 saturated heterocycles. The van der Waals surface area contributed by atoms with Crippen LogP contribution in [0.2, 0.25) is 5.02 Å². The van der Waals surface area contributed by atoms with Crippen molar-refractivity contribution < 1.29 is 40.7 Å². The molecule has 2 aliphatic rings. The predicted octanol–water partition coefficient (Wildman–Crippen LogP) is 3.93. The highest BCUT2D eigenvalue weighted by molar-refractivity contribution is 6.31. The Hall–Kier alpha value is -2.21. The van der Waals surface area contributed by atoms with Gasteiger partial charge >= 0.3 is 18.4 Å². The first-order valence-electron chi connectivity index (χ1n) is 9.75. The van der Waals surface area contributed by atoms with Gasteiger partial charge in [0.25, 0.3) is 12.0 Å². The minimum absolute atomic E-state index is 0.104. The summed E-state index contributed by atoms with van der Waals surface area (Å²) < 4.78 is 79.2. The third-order valence-electron chi connectivity index (χ3n) is 5.28. The number of carbonyl (C=O) groups is 2. The summed E-state index contributed by atoms with van der Waals surface area (Å²) in [5, 5.41) is 0.372. The van der Waals surface area contributed by atoms with Crippen molar-refractivity contribution in [2.45, 2.75) is 31.4 Å². The minimum Gasteiger partial charge on any atom is -0.426 e. The fraction of sp³-hybridized carbons (Fsp3) is 0.579. The van der Waals surface area contributed by atoms with E-state index in [-0.39, 0.29) is 32.1 Å². The van der Waals surface area contributed by atoms with Crippen LogP contribution in [0.15, 0.2) is 18.2 Å². The number of nitrogens with zero attached hydrogens (tertiary/aromatic N) is 3. The Morgan fingerprint density at radius 1 is 0.938 bits per heavy atom. The van der Waals surface area contributed by atoms with Crippen LogP contribution in [0.3, 0.4) is 0 Å². The highest BCUT2D eigenvalue weighted by Gasteiger charge is 2.60. The third kappa shape index (κ3) is 5.77. The normalized spacial score (nSPS) is 18.0. The molecule has 32 heavy (non-hydrogen) atoms. The summed E-state index contributed by atoms with van der Waals surface area (Å²) in [6, 6.07) is 4.93. The Balaban J connectivity index is 1.53. The van der Waals surface area contributed by atoms with Gasteiger partial charge in [0.2, 0.25) is 0 Å². The molecular formula is C19H20ClF6N3O3. The molecule has 0 spiro atoms. The molecular weight excluding hydrogens is 468 g/mol. The number of amides is 2. The third-order valence-corrected chi connectivity index (χ3v) is 5.63. The Kier molecular flexibility index (Phi) is 7.13. The Bertz CT molecular complexity index is 838. The lowest BCUT2D eigenvalue weighted by atomic mass is 10.1. The van der Waals surface area contributed by atoms with Gasteiger partial charge in [0.15, 0.2) is 0 Å². The van der Waals surface area contributed by atoms with E-state index < -0.39 is 24.5 Å². The number of halogens is 7. The zero-order chi connectivity index (χ0) is 23.7. The summed E-state index contributed by atoms with van der Waals surface area (Å²) in [5.74, 6) is -0.104. The van der Waals surface area contributed by atoms with Crippen LogP contribution in [-0.2, 0) is 11.3 Å². The molecule has 0 unspecified atom stereocenters. The molecule has 0 radical (unpaired) electrons. The van der Waals surface area contributed by atoms with Crippen molar-refractivity contribution in [2.24, 2.45) is 0 Å². The van der Waals surface area contributed by atoms with Crippen LogP contribution >= 0.6 is 11.6 Å². The van der Waals surface area contributed by atoms with E-state index in [9.17, 15) is 35.9 Å². The summed E-state index contributed by atoms with van der Waals surface area (Å²) >= 11 is 6.29. The molecule has 3 rings (SSSR count). The largest absolute Gasteiger partial charge is 0.434 e. The molecule has 2 heterocycles. The van der Waals surface area contributed by atoms with E-state index in [1.165, 1.54) is 0 Å². The van der Waals surface area contributed by atoms with Crippen LogP contribution in [0.25, 0.3) is 0 Å². The molecule has 1 aromatic rings. The second-order valence-corrected chi connectivity index (χ2v) is 7.97. The van der Waals surface area contributed by atoms with Crippen LogP contribution < -0.4 is 0 Å². The first kappa shape index (κ1) is 24.4. The average molecular weight is 488 g/mol. The lowest BCUT2D eigenvalue weighted by molar-refractivity contribution is -0.308. The maximum Gasteiger partial charge on any atom is 0.434 e. The van der Waals surface area contributed by atoms with Crippen molar-refractivity contribution in [3.63, 3.8) is 0 Å². The van der Waals surface area contributed by atoms with Gasteiger partial charge in [-0.2, -0.15) is 26.3 Å². The van der Waals surface area contributed by atoms with Crippen LogP contribution in [0, 0.1) is 0 Å². The van der Waals surface area contributed by atoms with Crippen LogP contribution in [0.4, 0.5) is 31.1 Å². The molecule has 178 valence electrons. The molecule has 0 aliphatic carbocycles. The van der Waals surface area contributed by atoms with Gasteiger partial charge in [0.05, 0.1) is 0 Å². The maximum absolute atomic E-state index is 12.6. The zero-order valence-corrected chi connectivity index (χ0v) is 17.4. The fourth-order valence-corrected chi connectivity index (χ4v) is 3.57. The molecule has 0 atom stereocenters. The van der Waals surface area contributed by atoms with E-state index in [0.29, 0.717) is 35.8 Å². The van der Waals surface area contributed by atoms with Gasteiger partial charge in [-0.25, -0.2) is 4.79 Å². The van der Waals surface area contributed by atoms with Crippen molar-refractivity contribution in [2.75, 3.05) is 39.3 Å². The number of rotatable bonds is 4. The number of piperazine rings is 1. The second kappa shape index (κ2) is 9.34. The zero-order valence-electron chi connectivity index (χ0n) is 16.7. The topological polar surface area (TPSA) is 53.1 Å². The highest BCUT2D eigenvalue weighted by atomic mass is 35.5. The lowest BCUT2D eigenvalue weighted by Gasteiger charge is -2.35. The molecule has 0 N–H and O–H groups in total. The Morgan fingerprint density at radius 3 is 2.00 bits per heavy atom. The Morgan fingerprint density at radius 2 is 1.53 bits per heavy atom. The van der Waals surface area contributed by atoms with Gasteiger partial charge < -0.3 is 14.5 Å². The summed E-state index contributed by atoms with van der Waals surface area (Å²) in [6.45, 7) is 1.93. The van der Waals surface area contributed by atoms with E-state index in [1.807, 2.05) is 4.90 Å².